The van der Waals surface area contributed by atoms with E-state index in [0.29, 0.717) is 12.0 Å². The van der Waals surface area contributed by atoms with E-state index in [0.717, 1.165) is 11.1 Å². The summed E-state index contributed by atoms with van der Waals surface area (Å²) in [5, 5.41) is -0.331. The van der Waals surface area contributed by atoms with Crippen LogP contribution in [-0.2, 0) is 6.42 Å². The van der Waals surface area contributed by atoms with Gasteiger partial charge in [-0.2, -0.15) is 0 Å². The Hall–Kier alpha value is -1.34. The molecule has 100 valence electrons. The molecule has 0 spiro atoms. The maximum atomic E-state index is 13.8. The molecule has 2 heteroatoms. The highest BCUT2D eigenvalue weighted by molar-refractivity contribution is 6.21. The standard InChI is InChI=1S/C17H18ClF/c1-11-4-7-17(19)15(8-11)16(18)10-14-6-5-12(2)13(3)9-14/h4-9,16H,10H2,1-3H3. The van der Waals surface area contributed by atoms with Crippen molar-refractivity contribution >= 4 is 11.6 Å². The molecule has 0 nitrogen and oxygen atoms in total. The molecule has 2 rings (SSSR count). The molecule has 0 aromatic heterocycles. The first-order valence-corrected chi connectivity index (χ1v) is 6.87. The SMILES string of the molecule is Cc1ccc(F)c(C(Cl)Cc2ccc(C)c(C)c2)c1. The van der Waals surface area contributed by atoms with E-state index >= 15 is 0 Å². The third kappa shape index (κ3) is 3.36. The summed E-state index contributed by atoms with van der Waals surface area (Å²) >= 11 is 6.37. The van der Waals surface area contributed by atoms with Crippen molar-refractivity contribution < 1.29 is 4.39 Å². The van der Waals surface area contributed by atoms with E-state index in [2.05, 4.69) is 32.0 Å². The van der Waals surface area contributed by atoms with Crippen LogP contribution in [-0.4, -0.2) is 0 Å². The molecule has 0 N–H and O–H groups in total. The molecular formula is C17H18ClF. The molecule has 19 heavy (non-hydrogen) atoms. The maximum Gasteiger partial charge on any atom is 0.127 e. The quantitative estimate of drug-likeness (QED) is 0.670. The molecule has 1 atom stereocenters. The van der Waals surface area contributed by atoms with Gasteiger partial charge in [0.15, 0.2) is 0 Å². The van der Waals surface area contributed by atoms with Crippen LogP contribution in [0.5, 0.6) is 0 Å². The Morgan fingerprint density at radius 1 is 1.00 bits per heavy atom. The molecule has 0 aliphatic heterocycles. The molecule has 0 heterocycles. The zero-order valence-electron chi connectivity index (χ0n) is 11.5. The number of hydrogen-bond acceptors (Lipinski definition) is 0. The Morgan fingerprint density at radius 3 is 2.42 bits per heavy atom. The van der Waals surface area contributed by atoms with Crippen LogP contribution in [0.2, 0.25) is 0 Å². The van der Waals surface area contributed by atoms with Crippen LogP contribution in [0.15, 0.2) is 36.4 Å². The lowest BCUT2D eigenvalue weighted by Gasteiger charge is -2.13. The van der Waals surface area contributed by atoms with Crippen molar-refractivity contribution in [2.45, 2.75) is 32.6 Å². The lowest BCUT2D eigenvalue weighted by molar-refractivity contribution is 0.605. The fourth-order valence-corrected chi connectivity index (χ4v) is 2.50. The van der Waals surface area contributed by atoms with Crippen molar-refractivity contribution in [3.05, 3.63) is 70.0 Å². The van der Waals surface area contributed by atoms with Gasteiger partial charge in [-0.1, -0.05) is 35.9 Å². The lowest BCUT2D eigenvalue weighted by atomic mass is 9.99. The molecule has 0 aliphatic rings. The van der Waals surface area contributed by atoms with Crippen molar-refractivity contribution in [1.29, 1.82) is 0 Å². The molecule has 0 bridgehead atoms. The molecule has 0 radical (unpaired) electrons. The highest BCUT2D eigenvalue weighted by Gasteiger charge is 2.14. The van der Waals surface area contributed by atoms with Gasteiger partial charge in [0, 0.05) is 5.56 Å². The van der Waals surface area contributed by atoms with E-state index in [-0.39, 0.29) is 11.2 Å². The molecule has 2 aromatic rings. The van der Waals surface area contributed by atoms with Gasteiger partial charge in [-0.25, -0.2) is 4.39 Å². The van der Waals surface area contributed by atoms with Gasteiger partial charge in [-0.3, -0.25) is 0 Å². The summed E-state index contributed by atoms with van der Waals surface area (Å²) in [6, 6.07) is 11.3. The van der Waals surface area contributed by atoms with Gasteiger partial charge in [0.1, 0.15) is 5.82 Å². The normalized spacial score (nSPS) is 12.5. The number of rotatable bonds is 3. The second kappa shape index (κ2) is 5.75. The summed E-state index contributed by atoms with van der Waals surface area (Å²) in [5.41, 5.74) is 5.26. The minimum atomic E-state index is -0.331. The van der Waals surface area contributed by atoms with Crippen LogP contribution in [0.1, 0.15) is 33.2 Å². The van der Waals surface area contributed by atoms with E-state index < -0.39 is 0 Å². The fraction of sp³-hybridized carbons (Fsp3) is 0.294. The average molecular weight is 277 g/mol. The topological polar surface area (TPSA) is 0 Å². The van der Waals surface area contributed by atoms with Crippen molar-refractivity contribution in [3.63, 3.8) is 0 Å². The van der Waals surface area contributed by atoms with Crippen LogP contribution < -0.4 is 0 Å². The van der Waals surface area contributed by atoms with Gasteiger partial charge in [-0.15, -0.1) is 11.6 Å². The Bertz CT molecular complexity index is 590. The third-order valence-corrected chi connectivity index (χ3v) is 3.86. The summed E-state index contributed by atoms with van der Waals surface area (Å²) in [7, 11) is 0. The first-order valence-electron chi connectivity index (χ1n) is 6.43. The van der Waals surface area contributed by atoms with Crippen LogP contribution >= 0.6 is 11.6 Å². The molecule has 0 saturated heterocycles. The van der Waals surface area contributed by atoms with E-state index in [1.54, 1.807) is 6.07 Å². The van der Waals surface area contributed by atoms with Gasteiger partial charge in [0.05, 0.1) is 5.38 Å². The molecule has 1 unspecified atom stereocenters. The summed E-state index contributed by atoms with van der Waals surface area (Å²) < 4.78 is 13.8. The Morgan fingerprint density at radius 2 is 1.74 bits per heavy atom. The number of aryl methyl sites for hydroxylation is 3. The highest BCUT2D eigenvalue weighted by Crippen LogP contribution is 2.28. The molecular weight excluding hydrogens is 259 g/mol. The zero-order chi connectivity index (χ0) is 14.0. The summed E-state index contributed by atoms with van der Waals surface area (Å²) in [6.45, 7) is 6.11. The fourth-order valence-electron chi connectivity index (χ4n) is 2.15. The minimum Gasteiger partial charge on any atom is -0.207 e. The Kier molecular flexibility index (Phi) is 4.26. The number of alkyl halides is 1. The zero-order valence-corrected chi connectivity index (χ0v) is 12.3. The van der Waals surface area contributed by atoms with E-state index in [4.69, 9.17) is 11.6 Å². The van der Waals surface area contributed by atoms with Gasteiger partial charge in [0.2, 0.25) is 0 Å². The van der Waals surface area contributed by atoms with Gasteiger partial charge < -0.3 is 0 Å². The predicted octanol–water partition coefficient (Wildman–Crippen LogP) is 5.27. The van der Waals surface area contributed by atoms with E-state index in [1.807, 2.05) is 13.0 Å². The van der Waals surface area contributed by atoms with E-state index in [9.17, 15) is 4.39 Å². The molecule has 0 saturated carbocycles. The lowest BCUT2D eigenvalue weighted by Crippen LogP contribution is -2.00. The summed E-state index contributed by atoms with van der Waals surface area (Å²) in [5.74, 6) is -0.227. The average Bonchev–Trinajstić information content (AvgIpc) is 2.36. The summed E-state index contributed by atoms with van der Waals surface area (Å²) in [4.78, 5) is 0. The van der Waals surface area contributed by atoms with Crippen molar-refractivity contribution in [1.82, 2.24) is 0 Å². The maximum absolute atomic E-state index is 13.8. The highest BCUT2D eigenvalue weighted by atomic mass is 35.5. The molecule has 0 fully saturated rings. The van der Waals surface area contributed by atoms with Crippen molar-refractivity contribution in [2.75, 3.05) is 0 Å². The molecule has 0 aliphatic carbocycles. The van der Waals surface area contributed by atoms with Crippen molar-refractivity contribution in [2.24, 2.45) is 0 Å². The molecule has 0 amide bonds. The van der Waals surface area contributed by atoms with Gasteiger partial charge in [-0.05, 0) is 49.9 Å². The first kappa shape index (κ1) is 14.1. The van der Waals surface area contributed by atoms with Crippen LogP contribution in [0, 0.1) is 26.6 Å². The van der Waals surface area contributed by atoms with Gasteiger partial charge >= 0.3 is 0 Å². The Balaban J connectivity index is 2.22. The van der Waals surface area contributed by atoms with Crippen LogP contribution in [0.4, 0.5) is 4.39 Å². The minimum absolute atomic E-state index is 0.227. The monoisotopic (exact) mass is 276 g/mol. The van der Waals surface area contributed by atoms with Crippen LogP contribution in [0.25, 0.3) is 0 Å². The second-order valence-electron chi connectivity index (χ2n) is 5.12. The first-order chi connectivity index (χ1) is 8.97. The largest absolute Gasteiger partial charge is 0.207 e. The number of benzene rings is 2. The number of hydrogen-bond donors (Lipinski definition) is 0. The second-order valence-corrected chi connectivity index (χ2v) is 5.64. The number of halogens is 2. The van der Waals surface area contributed by atoms with Gasteiger partial charge in [0.25, 0.3) is 0 Å². The van der Waals surface area contributed by atoms with Crippen LogP contribution in [0.3, 0.4) is 0 Å². The van der Waals surface area contributed by atoms with E-state index in [1.165, 1.54) is 17.2 Å². The molecule has 2 aromatic carbocycles. The third-order valence-electron chi connectivity index (χ3n) is 3.48. The predicted molar refractivity (Wildman–Crippen MR) is 79.4 cm³/mol. The van der Waals surface area contributed by atoms with Crippen molar-refractivity contribution in [3.8, 4) is 0 Å². The summed E-state index contributed by atoms with van der Waals surface area (Å²) in [6.07, 6.45) is 0.642. The Labute approximate surface area is 119 Å². The smallest absolute Gasteiger partial charge is 0.127 e.